The predicted molar refractivity (Wildman–Crippen MR) is 171 cm³/mol. The van der Waals surface area contributed by atoms with Crippen molar-refractivity contribution in [1.29, 1.82) is 0 Å². The van der Waals surface area contributed by atoms with Crippen molar-refractivity contribution in [2.75, 3.05) is 13.2 Å². The number of hydrogen-bond donors (Lipinski definition) is 4. The molecule has 11 nitrogen and oxygen atoms in total. The van der Waals surface area contributed by atoms with E-state index in [-0.39, 0.29) is 36.5 Å². The molecule has 3 saturated heterocycles. The number of epoxide rings is 1. The molecular weight excluding hydrogens is 586 g/mol. The summed E-state index contributed by atoms with van der Waals surface area (Å²) in [6, 6.07) is 13.6. The maximum Gasteiger partial charge on any atom is 0.246 e. The molecule has 6 rings (SSSR count). The Balaban J connectivity index is 1.25. The molecule has 0 unspecified atom stereocenters. The standard InChI is InChI=1S/C35H41N5O6/c41-30(31-21-46-31)16-6-2-5-14-26-32(42)38-27(19-23-20-36-25-13-8-7-12-24(23)25)33(43)39-28(18-22-10-3-1-4-11-22)35(45)40-17-9-15-29(40)34(44)37-26/h1,3-4,7-8,10-13,20,26-29,31,36H,2,5-6,9,14-19,21H2,(H,37,44)(H,38,42)(H,39,43)/t26-,27-,28-,29+,31-/m0/s1. The fraction of sp³-hybridized carbons (Fsp3) is 0.457. The van der Waals surface area contributed by atoms with Crippen molar-refractivity contribution >= 4 is 40.3 Å². The van der Waals surface area contributed by atoms with Gasteiger partial charge in [-0.25, -0.2) is 0 Å². The Labute approximate surface area is 267 Å². The number of Topliss-reactive ketones (excluding diaryl/α,β-unsaturated/α-hetero) is 1. The van der Waals surface area contributed by atoms with Gasteiger partial charge < -0.3 is 30.6 Å². The highest BCUT2D eigenvalue weighted by molar-refractivity contribution is 5.98. The number of ketones is 1. The summed E-state index contributed by atoms with van der Waals surface area (Å²) in [6.45, 7) is 0.889. The van der Waals surface area contributed by atoms with E-state index in [4.69, 9.17) is 4.74 Å². The monoisotopic (exact) mass is 627 g/mol. The van der Waals surface area contributed by atoms with Crippen LogP contribution in [0.1, 0.15) is 56.1 Å². The molecular formula is C35H41N5O6. The highest BCUT2D eigenvalue weighted by atomic mass is 16.6. The molecule has 4 amide bonds. The quantitative estimate of drug-likeness (QED) is 0.189. The number of rotatable bonds is 11. The minimum absolute atomic E-state index is 0.0970. The number of H-pyrrole nitrogens is 1. The summed E-state index contributed by atoms with van der Waals surface area (Å²) in [5.74, 6) is -1.50. The molecule has 242 valence electrons. The lowest BCUT2D eigenvalue weighted by atomic mass is 9.99. The van der Waals surface area contributed by atoms with Crippen molar-refractivity contribution in [2.45, 2.75) is 88.1 Å². The molecule has 0 radical (unpaired) electrons. The Morgan fingerprint density at radius 3 is 2.33 bits per heavy atom. The van der Waals surface area contributed by atoms with E-state index in [0.29, 0.717) is 58.1 Å². The van der Waals surface area contributed by atoms with E-state index < -0.39 is 36.0 Å². The fourth-order valence-corrected chi connectivity index (χ4v) is 6.58. The Morgan fingerprint density at radius 2 is 1.52 bits per heavy atom. The highest BCUT2D eigenvalue weighted by Crippen LogP contribution is 2.23. The third-order valence-electron chi connectivity index (χ3n) is 9.21. The number of aromatic nitrogens is 1. The van der Waals surface area contributed by atoms with Crippen molar-refractivity contribution < 1.29 is 28.7 Å². The molecule has 5 atom stereocenters. The number of amides is 4. The summed E-state index contributed by atoms with van der Waals surface area (Å²) >= 11 is 0. The number of hydrogen-bond acceptors (Lipinski definition) is 6. The molecule has 11 heteroatoms. The molecule has 1 aromatic heterocycles. The lowest BCUT2D eigenvalue weighted by Crippen LogP contribution is -2.61. The van der Waals surface area contributed by atoms with E-state index in [1.165, 1.54) is 0 Å². The zero-order valence-corrected chi connectivity index (χ0v) is 25.8. The smallest absolute Gasteiger partial charge is 0.246 e. The van der Waals surface area contributed by atoms with E-state index in [0.717, 1.165) is 22.0 Å². The number of ether oxygens (including phenoxy) is 1. The maximum absolute atomic E-state index is 14.0. The van der Waals surface area contributed by atoms with Crippen molar-refractivity contribution in [3.05, 3.63) is 71.9 Å². The van der Waals surface area contributed by atoms with Crippen LogP contribution in [0.25, 0.3) is 10.9 Å². The SMILES string of the molecule is O=C1N[C@@H](Cc2ccccc2)C(=O)N2CCC[C@@H]2C(=O)N[C@@H](CCCCCC(=O)[C@@H]2CO2)C(=O)N[C@H]1Cc1c[nH]c2ccccc12. The predicted octanol–water partition coefficient (Wildman–Crippen LogP) is 2.33. The van der Waals surface area contributed by atoms with E-state index in [1.54, 1.807) is 4.90 Å². The molecule has 4 heterocycles. The van der Waals surface area contributed by atoms with Gasteiger partial charge in [0.15, 0.2) is 5.78 Å². The highest BCUT2D eigenvalue weighted by Gasteiger charge is 2.40. The molecule has 3 aromatic rings. The maximum atomic E-state index is 14.0. The number of nitrogens with one attached hydrogen (secondary N) is 4. The van der Waals surface area contributed by atoms with Crippen molar-refractivity contribution in [1.82, 2.24) is 25.8 Å². The fourth-order valence-electron chi connectivity index (χ4n) is 6.58. The number of benzene rings is 2. The van der Waals surface area contributed by atoms with Gasteiger partial charge in [-0.05, 0) is 42.9 Å². The third-order valence-corrected chi connectivity index (χ3v) is 9.21. The average Bonchev–Trinajstić information content (AvgIpc) is 3.66. The lowest BCUT2D eigenvalue weighted by molar-refractivity contribution is -0.143. The van der Waals surface area contributed by atoms with Gasteiger partial charge in [0.25, 0.3) is 0 Å². The van der Waals surface area contributed by atoms with Gasteiger partial charge in [-0.1, -0.05) is 61.4 Å². The van der Waals surface area contributed by atoms with Crippen LogP contribution in [0.2, 0.25) is 0 Å². The molecule has 46 heavy (non-hydrogen) atoms. The van der Waals surface area contributed by atoms with Crippen LogP contribution in [0.4, 0.5) is 0 Å². The Bertz CT molecular complexity index is 1580. The van der Waals surface area contributed by atoms with Crippen molar-refractivity contribution in [3.63, 3.8) is 0 Å². The second kappa shape index (κ2) is 14.3. The van der Waals surface area contributed by atoms with Crippen molar-refractivity contribution in [2.24, 2.45) is 0 Å². The number of fused-ring (bicyclic) bond motifs is 2. The lowest BCUT2D eigenvalue weighted by Gasteiger charge is -2.32. The van der Waals surface area contributed by atoms with Crippen LogP contribution in [0, 0.1) is 0 Å². The molecule has 0 spiro atoms. The van der Waals surface area contributed by atoms with Gasteiger partial charge in [0.2, 0.25) is 23.6 Å². The second-order valence-electron chi connectivity index (χ2n) is 12.5. The van der Waals surface area contributed by atoms with E-state index in [2.05, 4.69) is 20.9 Å². The summed E-state index contributed by atoms with van der Waals surface area (Å²) < 4.78 is 5.06. The van der Waals surface area contributed by atoms with Gasteiger partial charge in [0.1, 0.15) is 30.3 Å². The summed E-state index contributed by atoms with van der Waals surface area (Å²) in [6.07, 6.45) is 5.86. The van der Waals surface area contributed by atoms with Gasteiger partial charge >= 0.3 is 0 Å². The number of para-hydroxylation sites is 1. The van der Waals surface area contributed by atoms with Gasteiger partial charge in [-0.15, -0.1) is 0 Å². The number of carbonyl (C=O) groups is 5. The Kier molecular flexibility index (Phi) is 9.77. The molecule has 0 aliphatic carbocycles. The zero-order chi connectivity index (χ0) is 32.0. The number of unbranched alkanes of at least 4 members (excludes halogenated alkanes) is 2. The molecule has 3 aliphatic heterocycles. The topological polar surface area (TPSA) is 153 Å². The number of nitrogens with zero attached hydrogens (tertiary/aromatic N) is 1. The summed E-state index contributed by atoms with van der Waals surface area (Å²) in [4.78, 5) is 72.4. The first kappa shape index (κ1) is 31.5. The largest absolute Gasteiger partial charge is 0.365 e. The third kappa shape index (κ3) is 7.47. The number of carbonyl (C=O) groups excluding carboxylic acids is 5. The molecule has 2 aromatic carbocycles. The summed E-state index contributed by atoms with van der Waals surface area (Å²) in [7, 11) is 0. The van der Waals surface area contributed by atoms with Gasteiger partial charge in [-0.3, -0.25) is 24.0 Å². The first-order valence-electron chi connectivity index (χ1n) is 16.3. The zero-order valence-electron chi connectivity index (χ0n) is 25.8. The molecule has 0 saturated carbocycles. The van der Waals surface area contributed by atoms with E-state index in [9.17, 15) is 24.0 Å². The van der Waals surface area contributed by atoms with Crippen LogP contribution < -0.4 is 16.0 Å². The van der Waals surface area contributed by atoms with Crippen LogP contribution in [0.5, 0.6) is 0 Å². The van der Waals surface area contributed by atoms with Crippen LogP contribution >= 0.6 is 0 Å². The molecule has 3 fully saturated rings. The normalized spacial score (nSPS) is 25.2. The minimum atomic E-state index is -0.998. The van der Waals surface area contributed by atoms with Gasteiger partial charge in [-0.2, -0.15) is 0 Å². The first-order valence-corrected chi connectivity index (χ1v) is 16.3. The summed E-state index contributed by atoms with van der Waals surface area (Å²) in [5, 5.41) is 9.74. The van der Waals surface area contributed by atoms with Crippen LogP contribution in [-0.4, -0.2) is 82.7 Å². The van der Waals surface area contributed by atoms with Crippen LogP contribution in [0.3, 0.4) is 0 Å². The Morgan fingerprint density at radius 1 is 0.804 bits per heavy atom. The van der Waals surface area contributed by atoms with Gasteiger partial charge in [0.05, 0.1) is 6.61 Å². The molecule has 0 bridgehead atoms. The number of aromatic amines is 1. The molecule has 4 N–H and O–H groups in total. The van der Waals surface area contributed by atoms with Crippen molar-refractivity contribution in [3.8, 4) is 0 Å². The van der Waals surface area contributed by atoms with Gasteiger partial charge in [0, 0.05) is 42.9 Å². The Hall–Kier alpha value is -4.51. The van der Waals surface area contributed by atoms with Crippen LogP contribution in [0.15, 0.2) is 60.8 Å². The second-order valence-corrected chi connectivity index (χ2v) is 12.5. The minimum Gasteiger partial charge on any atom is -0.365 e. The first-order chi connectivity index (χ1) is 22.4. The summed E-state index contributed by atoms with van der Waals surface area (Å²) in [5.41, 5.74) is 2.63. The van der Waals surface area contributed by atoms with E-state index >= 15 is 0 Å². The van der Waals surface area contributed by atoms with Crippen LogP contribution in [-0.2, 0) is 41.6 Å². The average molecular weight is 628 g/mol. The van der Waals surface area contributed by atoms with E-state index in [1.807, 2.05) is 60.8 Å². The molecule has 3 aliphatic rings.